The number of nitrogens with zero attached hydrogens (tertiary/aromatic N) is 2. The van der Waals surface area contributed by atoms with Gasteiger partial charge in [0.25, 0.3) is 0 Å². The molecule has 6 nitrogen and oxygen atoms in total. The Hall–Kier alpha value is -1.85. The van der Waals surface area contributed by atoms with Gasteiger partial charge in [0, 0.05) is 25.5 Å². The fourth-order valence-corrected chi connectivity index (χ4v) is 1.91. The molecule has 6 heteroatoms. The molecule has 0 saturated heterocycles. The molecule has 1 heterocycles. The number of amides is 1. The van der Waals surface area contributed by atoms with Crippen LogP contribution in [0.25, 0.3) is 0 Å². The van der Waals surface area contributed by atoms with Crippen LogP contribution in [0, 0.1) is 11.3 Å². The number of imidazole rings is 1. The van der Waals surface area contributed by atoms with Gasteiger partial charge >= 0.3 is 5.97 Å². The zero-order chi connectivity index (χ0) is 15.2. The van der Waals surface area contributed by atoms with Crippen molar-refractivity contribution in [2.45, 2.75) is 34.2 Å². The number of hydrogen-bond acceptors (Lipinski definition) is 4. The Morgan fingerprint density at radius 2 is 2.10 bits per heavy atom. The first kappa shape index (κ1) is 16.2. The quantitative estimate of drug-likeness (QED) is 0.628. The van der Waals surface area contributed by atoms with Crippen molar-refractivity contribution in [3.05, 3.63) is 18.7 Å². The molecule has 0 bridgehead atoms. The van der Waals surface area contributed by atoms with E-state index in [-0.39, 0.29) is 12.5 Å². The molecule has 1 aromatic heterocycles. The molecule has 0 aromatic carbocycles. The largest absolute Gasteiger partial charge is 0.465 e. The van der Waals surface area contributed by atoms with Gasteiger partial charge < -0.3 is 14.6 Å². The lowest BCUT2D eigenvalue weighted by atomic mass is 9.80. The molecule has 112 valence electrons. The summed E-state index contributed by atoms with van der Waals surface area (Å²) < 4.78 is 6.85. The van der Waals surface area contributed by atoms with Crippen LogP contribution in [0.15, 0.2) is 18.7 Å². The van der Waals surface area contributed by atoms with Crippen LogP contribution in [-0.2, 0) is 20.9 Å². The smallest absolute Gasteiger partial charge is 0.319 e. The Morgan fingerprint density at radius 3 is 2.60 bits per heavy atom. The maximum Gasteiger partial charge on any atom is 0.319 e. The Labute approximate surface area is 119 Å². The monoisotopic (exact) mass is 281 g/mol. The summed E-state index contributed by atoms with van der Waals surface area (Å²) >= 11 is 0. The Balaban J connectivity index is 2.57. The van der Waals surface area contributed by atoms with Crippen LogP contribution in [0.1, 0.15) is 27.7 Å². The molecule has 1 aromatic rings. The molecule has 1 amide bonds. The topological polar surface area (TPSA) is 73.2 Å². The van der Waals surface area contributed by atoms with Gasteiger partial charge in [-0.2, -0.15) is 0 Å². The second-order valence-electron chi connectivity index (χ2n) is 5.64. The van der Waals surface area contributed by atoms with E-state index in [2.05, 4.69) is 10.3 Å². The average Bonchev–Trinajstić information content (AvgIpc) is 2.80. The highest BCUT2D eigenvalue weighted by molar-refractivity contribution is 5.98. The second-order valence-corrected chi connectivity index (χ2v) is 5.64. The van der Waals surface area contributed by atoms with E-state index < -0.39 is 17.3 Å². The fraction of sp³-hybridized carbons (Fsp3) is 0.643. The number of hydrogen-bond donors (Lipinski definition) is 1. The predicted octanol–water partition coefficient (Wildman–Crippen LogP) is 1.22. The highest BCUT2D eigenvalue weighted by Gasteiger charge is 2.38. The zero-order valence-corrected chi connectivity index (χ0v) is 12.5. The van der Waals surface area contributed by atoms with Crippen molar-refractivity contribution in [1.29, 1.82) is 0 Å². The Bertz CT molecular complexity index is 435. The highest BCUT2D eigenvalue weighted by Crippen LogP contribution is 2.27. The van der Waals surface area contributed by atoms with Gasteiger partial charge in [-0.15, -0.1) is 0 Å². The van der Waals surface area contributed by atoms with Gasteiger partial charge in [-0.3, -0.25) is 9.59 Å². The van der Waals surface area contributed by atoms with Crippen LogP contribution in [0.4, 0.5) is 0 Å². The number of carbonyl (C=O) groups is 2. The highest BCUT2D eigenvalue weighted by atomic mass is 16.5. The molecule has 1 rings (SSSR count). The van der Waals surface area contributed by atoms with E-state index in [1.807, 2.05) is 31.5 Å². The van der Waals surface area contributed by atoms with Crippen LogP contribution in [-0.4, -0.2) is 34.6 Å². The summed E-state index contributed by atoms with van der Waals surface area (Å²) in [4.78, 5) is 28.0. The first-order valence-electron chi connectivity index (χ1n) is 6.76. The molecular formula is C14H23N3O3. The lowest BCUT2D eigenvalue weighted by Gasteiger charge is -2.27. The Kier molecular flexibility index (Phi) is 5.73. The predicted molar refractivity (Wildman–Crippen MR) is 74.8 cm³/mol. The Morgan fingerprint density at radius 1 is 1.40 bits per heavy atom. The van der Waals surface area contributed by atoms with Crippen molar-refractivity contribution in [3.63, 3.8) is 0 Å². The summed E-state index contributed by atoms with van der Waals surface area (Å²) in [6, 6.07) is 0. The lowest BCUT2D eigenvalue weighted by Crippen LogP contribution is -2.44. The summed E-state index contributed by atoms with van der Waals surface area (Å²) in [6.07, 6.45) is 5.18. The molecule has 0 aliphatic carbocycles. The number of rotatable bonds is 6. The molecular weight excluding hydrogens is 258 g/mol. The maximum absolute atomic E-state index is 12.2. The van der Waals surface area contributed by atoms with E-state index in [1.165, 1.54) is 0 Å². The minimum Gasteiger partial charge on any atom is -0.465 e. The van der Waals surface area contributed by atoms with Crippen LogP contribution >= 0.6 is 0 Å². The van der Waals surface area contributed by atoms with Crippen LogP contribution in [0.3, 0.4) is 0 Å². The summed E-state index contributed by atoms with van der Waals surface area (Å²) in [5, 5.41) is 2.78. The van der Waals surface area contributed by atoms with Gasteiger partial charge in [0.05, 0.1) is 12.9 Å². The van der Waals surface area contributed by atoms with E-state index in [0.29, 0.717) is 13.1 Å². The van der Waals surface area contributed by atoms with Gasteiger partial charge in [-0.25, -0.2) is 4.98 Å². The normalized spacial score (nSPS) is 12.8. The van der Waals surface area contributed by atoms with Crippen molar-refractivity contribution in [2.24, 2.45) is 11.3 Å². The summed E-state index contributed by atoms with van der Waals surface area (Å²) in [6.45, 7) is 8.62. The lowest BCUT2D eigenvalue weighted by molar-refractivity contribution is -0.156. The SMILES string of the molecule is CCOC(=O)C(C(=O)NCCn1ccnc1)C(C)(C)C. The summed E-state index contributed by atoms with van der Waals surface area (Å²) in [5.41, 5.74) is -0.481. The number of carbonyl (C=O) groups excluding carboxylic acids is 2. The molecule has 1 N–H and O–H groups in total. The minimum absolute atomic E-state index is 0.272. The number of ether oxygens (including phenoxy) is 1. The molecule has 1 unspecified atom stereocenters. The molecule has 0 fully saturated rings. The van der Waals surface area contributed by atoms with Crippen molar-refractivity contribution >= 4 is 11.9 Å². The van der Waals surface area contributed by atoms with Crippen LogP contribution < -0.4 is 5.32 Å². The first-order chi connectivity index (χ1) is 9.36. The number of aromatic nitrogens is 2. The molecule has 0 radical (unpaired) electrons. The standard InChI is InChI=1S/C14H23N3O3/c1-5-20-13(19)11(14(2,3)4)12(18)16-7-9-17-8-6-15-10-17/h6,8,10-11H,5,7,9H2,1-4H3,(H,16,18). The second kappa shape index (κ2) is 7.07. The van der Waals surface area contributed by atoms with Gasteiger partial charge in [-0.05, 0) is 12.3 Å². The van der Waals surface area contributed by atoms with E-state index in [9.17, 15) is 9.59 Å². The van der Waals surface area contributed by atoms with E-state index in [4.69, 9.17) is 4.74 Å². The molecule has 0 aliphatic rings. The summed E-state index contributed by atoms with van der Waals surface area (Å²) in [5.74, 6) is -1.57. The average molecular weight is 281 g/mol. The van der Waals surface area contributed by atoms with Gasteiger partial charge in [0.15, 0.2) is 0 Å². The van der Waals surface area contributed by atoms with Crippen LogP contribution in [0.5, 0.6) is 0 Å². The molecule has 0 spiro atoms. The number of nitrogens with one attached hydrogen (secondary N) is 1. The van der Waals surface area contributed by atoms with Crippen molar-refractivity contribution in [3.8, 4) is 0 Å². The third-order valence-corrected chi connectivity index (χ3v) is 2.88. The molecule has 0 saturated carbocycles. The summed E-state index contributed by atoms with van der Waals surface area (Å²) in [7, 11) is 0. The van der Waals surface area contributed by atoms with Crippen molar-refractivity contribution in [2.75, 3.05) is 13.2 Å². The van der Waals surface area contributed by atoms with E-state index >= 15 is 0 Å². The van der Waals surface area contributed by atoms with Crippen molar-refractivity contribution in [1.82, 2.24) is 14.9 Å². The molecule has 20 heavy (non-hydrogen) atoms. The first-order valence-corrected chi connectivity index (χ1v) is 6.76. The zero-order valence-electron chi connectivity index (χ0n) is 12.5. The number of esters is 1. The fourth-order valence-electron chi connectivity index (χ4n) is 1.91. The third-order valence-electron chi connectivity index (χ3n) is 2.88. The van der Waals surface area contributed by atoms with Gasteiger partial charge in [0.2, 0.25) is 5.91 Å². The third kappa shape index (κ3) is 4.68. The van der Waals surface area contributed by atoms with E-state index in [1.54, 1.807) is 19.4 Å². The van der Waals surface area contributed by atoms with Crippen molar-refractivity contribution < 1.29 is 14.3 Å². The van der Waals surface area contributed by atoms with E-state index in [0.717, 1.165) is 0 Å². The van der Waals surface area contributed by atoms with Gasteiger partial charge in [0.1, 0.15) is 5.92 Å². The molecule has 0 aliphatic heterocycles. The molecule has 1 atom stereocenters. The van der Waals surface area contributed by atoms with Gasteiger partial charge in [-0.1, -0.05) is 20.8 Å². The maximum atomic E-state index is 12.2. The van der Waals surface area contributed by atoms with Crippen LogP contribution in [0.2, 0.25) is 0 Å². The minimum atomic E-state index is -0.801.